The summed E-state index contributed by atoms with van der Waals surface area (Å²) < 4.78 is 9.98. The Morgan fingerprint density at radius 1 is 1.24 bits per heavy atom. The Morgan fingerprint density at radius 2 is 2.05 bits per heavy atom. The van der Waals surface area contributed by atoms with Crippen molar-refractivity contribution in [3.8, 4) is 5.75 Å². The molecule has 21 heavy (non-hydrogen) atoms. The minimum Gasteiger partial charge on any atom is -0.497 e. The average Bonchev–Trinajstić information content (AvgIpc) is 2.54. The fourth-order valence-electron chi connectivity index (χ4n) is 2.09. The quantitative estimate of drug-likeness (QED) is 0.790. The van der Waals surface area contributed by atoms with Gasteiger partial charge in [0.2, 0.25) is 0 Å². The summed E-state index contributed by atoms with van der Waals surface area (Å²) in [6, 6.07) is 11.4. The number of carbonyl (C=O) groups excluding carboxylic acids is 1. The Bertz CT molecular complexity index is 628. The fraction of sp³-hybridized carbons (Fsp3) is 0.250. The monoisotopic (exact) mass is 286 g/mol. The van der Waals surface area contributed by atoms with Crippen molar-refractivity contribution in [3.05, 3.63) is 53.9 Å². The normalized spacial score (nSPS) is 10.0. The highest BCUT2D eigenvalue weighted by atomic mass is 16.5. The summed E-state index contributed by atoms with van der Waals surface area (Å²) in [4.78, 5) is 17.8. The Hall–Kier alpha value is -2.56. The van der Waals surface area contributed by atoms with E-state index in [1.54, 1.807) is 19.4 Å². The summed E-state index contributed by atoms with van der Waals surface area (Å²) in [5, 5.41) is 0. The first-order valence-corrected chi connectivity index (χ1v) is 6.53. The summed E-state index contributed by atoms with van der Waals surface area (Å²) in [5.41, 5.74) is 2.12. The van der Waals surface area contributed by atoms with Crippen LogP contribution in [-0.2, 0) is 11.3 Å². The third-order valence-electron chi connectivity index (χ3n) is 3.13. The summed E-state index contributed by atoms with van der Waals surface area (Å²) in [6.07, 6.45) is 1.58. The Kier molecular flexibility index (Phi) is 4.77. The maximum Gasteiger partial charge on any atom is 0.358 e. The van der Waals surface area contributed by atoms with Gasteiger partial charge in [0.1, 0.15) is 5.75 Å². The molecule has 0 saturated carbocycles. The van der Waals surface area contributed by atoms with Crippen molar-refractivity contribution in [3.63, 3.8) is 0 Å². The molecule has 0 aliphatic rings. The van der Waals surface area contributed by atoms with Crippen molar-refractivity contribution < 1.29 is 14.3 Å². The van der Waals surface area contributed by atoms with Gasteiger partial charge < -0.3 is 14.4 Å². The molecule has 5 heteroatoms. The molecule has 5 nitrogen and oxygen atoms in total. The molecule has 0 aliphatic carbocycles. The second kappa shape index (κ2) is 6.74. The van der Waals surface area contributed by atoms with Crippen LogP contribution >= 0.6 is 0 Å². The van der Waals surface area contributed by atoms with Gasteiger partial charge in [-0.25, -0.2) is 9.78 Å². The molecule has 110 valence electrons. The minimum atomic E-state index is -0.442. The molecule has 0 N–H and O–H groups in total. The smallest absolute Gasteiger partial charge is 0.358 e. The Labute approximate surface area is 124 Å². The number of pyridine rings is 1. The standard InChI is InChI=1S/C16H18N2O3/c1-18(11-12-6-4-7-13(10-12)20-2)14-8-5-9-17-15(14)16(19)21-3/h4-10H,11H2,1-3H3. The van der Waals surface area contributed by atoms with Gasteiger partial charge in [-0.15, -0.1) is 0 Å². The van der Waals surface area contributed by atoms with Crippen LogP contribution in [-0.4, -0.2) is 32.2 Å². The lowest BCUT2D eigenvalue weighted by Crippen LogP contribution is -2.20. The van der Waals surface area contributed by atoms with E-state index in [1.165, 1.54) is 7.11 Å². The van der Waals surface area contributed by atoms with E-state index in [9.17, 15) is 4.79 Å². The second-order valence-electron chi connectivity index (χ2n) is 4.57. The molecule has 0 amide bonds. The first-order chi connectivity index (χ1) is 10.2. The van der Waals surface area contributed by atoms with Crippen molar-refractivity contribution in [1.29, 1.82) is 0 Å². The highest BCUT2D eigenvalue weighted by Crippen LogP contribution is 2.21. The molecule has 2 rings (SSSR count). The van der Waals surface area contributed by atoms with Gasteiger partial charge >= 0.3 is 5.97 Å². The molecular weight excluding hydrogens is 268 g/mol. The van der Waals surface area contributed by atoms with Crippen LogP contribution in [0.2, 0.25) is 0 Å². The minimum absolute atomic E-state index is 0.311. The topological polar surface area (TPSA) is 51.7 Å². The largest absolute Gasteiger partial charge is 0.497 e. The first kappa shape index (κ1) is 14.8. The highest BCUT2D eigenvalue weighted by molar-refractivity contribution is 5.93. The molecule has 1 heterocycles. The number of methoxy groups -OCH3 is 2. The van der Waals surface area contributed by atoms with Gasteiger partial charge in [0.05, 0.1) is 19.9 Å². The van der Waals surface area contributed by atoms with E-state index in [4.69, 9.17) is 9.47 Å². The lowest BCUT2D eigenvalue weighted by molar-refractivity contribution is 0.0595. The molecule has 0 atom stereocenters. The van der Waals surface area contributed by atoms with E-state index in [0.29, 0.717) is 12.2 Å². The summed E-state index contributed by atoms with van der Waals surface area (Å²) in [6.45, 7) is 0.632. The van der Waals surface area contributed by atoms with Crippen LogP contribution in [0, 0.1) is 0 Å². The van der Waals surface area contributed by atoms with Gasteiger partial charge in [0.15, 0.2) is 5.69 Å². The van der Waals surface area contributed by atoms with Crippen LogP contribution < -0.4 is 9.64 Å². The maximum atomic E-state index is 11.8. The predicted octanol–water partition coefficient (Wildman–Crippen LogP) is 2.51. The lowest BCUT2D eigenvalue weighted by atomic mass is 10.2. The van der Waals surface area contributed by atoms with Gasteiger partial charge in [-0.2, -0.15) is 0 Å². The van der Waals surface area contributed by atoms with E-state index in [0.717, 1.165) is 17.0 Å². The third kappa shape index (κ3) is 3.51. The third-order valence-corrected chi connectivity index (χ3v) is 3.13. The van der Waals surface area contributed by atoms with E-state index in [1.807, 2.05) is 42.3 Å². The van der Waals surface area contributed by atoms with Crippen molar-refractivity contribution in [2.45, 2.75) is 6.54 Å². The summed E-state index contributed by atoms with van der Waals surface area (Å²) >= 11 is 0. The number of anilines is 1. The summed E-state index contributed by atoms with van der Waals surface area (Å²) in [7, 11) is 4.89. The van der Waals surface area contributed by atoms with Crippen molar-refractivity contribution in [1.82, 2.24) is 4.98 Å². The summed E-state index contributed by atoms with van der Waals surface area (Å²) in [5.74, 6) is 0.364. The van der Waals surface area contributed by atoms with Crippen molar-refractivity contribution in [2.24, 2.45) is 0 Å². The molecule has 0 spiro atoms. The number of nitrogens with zero attached hydrogens (tertiary/aromatic N) is 2. The Morgan fingerprint density at radius 3 is 2.76 bits per heavy atom. The molecule has 0 saturated heterocycles. The first-order valence-electron chi connectivity index (χ1n) is 6.53. The van der Waals surface area contributed by atoms with E-state index in [2.05, 4.69) is 4.98 Å². The molecule has 0 radical (unpaired) electrons. The number of carbonyl (C=O) groups is 1. The van der Waals surface area contributed by atoms with Crippen LogP contribution in [0.4, 0.5) is 5.69 Å². The van der Waals surface area contributed by atoms with Crippen LogP contribution in [0.3, 0.4) is 0 Å². The van der Waals surface area contributed by atoms with Crippen LogP contribution in [0.25, 0.3) is 0 Å². The van der Waals surface area contributed by atoms with E-state index in [-0.39, 0.29) is 0 Å². The van der Waals surface area contributed by atoms with Gasteiger partial charge in [-0.3, -0.25) is 0 Å². The molecule has 1 aromatic heterocycles. The fourth-order valence-corrected chi connectivity index (χ4v) is 2.09. The highest BCUT2D eigenvalue weighted by Gasteiger charge is 2.16. The van der Waals surface area contributed by atoms with Crippen molar-refractivity contribution >= 4 is 11.7 Å². The number of benzene rings is 1. The van der Waals surface area contributed by atoms with E-state index >= 15 is 0 Å². The second-order valence-corrected chi connectivity index (χ2v) is 4.57. The number of hydrogen-bond donors (Lipinski definition) is 0. The zero-order valence-electron chi connectivity index (χ0n) is 12.4. The molecule has 0 fully saturated rings. The van der Waals surface area contributed by atoms with Gasteiger partial charge in [-0.05, 0) is 29.8 Å². The SMILES string of the molecule is COC(=O)c1ncccc1N(C)Cc1cccc(OC)c1. The van der Waals surface area contributed by atoms with Gasteiger partial charge in [-0.1, -0.05) is 12.1 Å². The van der Waals surface area contributed by atoms with Gasteiger partial charge in [0, 0.05) is 19.8 Å². The van der Waals surface area contributed by atoms with Crippen LogP contribution in [0.5, 0.6) is 5.75 Å². The number of aromatic nitrogens is 1. The molecule has 1 aromatic carbocycles. The van der Waals surface area contributed by atoms with Crippen LogP contribution in [0.15, 0.2) is 42.6 Å². The number of hydrogen-bond acceptors (Lipinski definition) is 5. The van der Waals surface area contributed by atoms with Crippen molar-refractivity contribution in [2.75, 3.05) is 26.2 Å². The van der Waals surface area contributed by atoms with Crippen LogP contribution in [0.1, 0.15) is 16.1 Å². The number of ether oxygens (including phenoxy) is 2. The molecule has 0 bridgehead atoms. The molecule has 2 aromatic rings. The zero-order valence-corrected chi connectivity index (χ0v) is 12.4. The van der Waals surface area contributed by atoms with Gasteiger partial charge in [0.25, 0.3) is 0 Å². The molecular formula is C16H18N2O3. The van der Waals surface area contributed by atoms with E-state index < -0.39 is 5.97 Å². The predicted molar refractivity (Wildman–Crippen MR) is 80.7 cm³/mol. The zero-order chi connectivity index (χ0) is 15.2. The number of esters is 1. The maximum absolute atomic E-state index is 11.8. The molecule has 0 aliphatic heterocycles. The average molecular weight is 286 g/mol. The molecule has 0 unspecified atom stereocenters. The lowest BCUT2D eigenvalue weighted by Gasteiger charge is -2.21. The number of rotatable bonds is 5. The Balaban J connectivity index is 2.24.